The van der Waals surface area contributed by atoms with Gasteiger partial charge in [-0.1, -0.05) is 25.1 Å². The van der Waals surface area contributed by atoms with E-state index in [2.05, 4.69) is 0 Å². The molecule has 5 heteroatoms. The molecule has 2 aliphatic rings. The first-order valence-corrected chi connectivity index (χ1v) is 7.60. The van der Waals surface area contributed by atoms with Crippen molar-refractivity contribution in [3.8, 4) is 0 Å². The van der Waals surface area contributed by atoms with Gasteiger partial charge < -0.3 is 15.4 Å². The van der Waals surface area contributed by atoms with E-state index in [1.807, 2.05) is 11.9 Å². The number of thiocarbonyl (C=S) groups is 1. The number of amides is 1. The number of carbonyl (C=O) groups excluding carboxylic acids is 1. The SMILES string of the molecule is CN(CC1CCCOC1)C(=O)C1(C(N)=S)CCCC1. The maximum Gasteiger partial charge on any atom is 0.235 e. The van der Waals surface area contributed by atoms with Crippen LogP contribution in [0, 0.1) is 11.3 Å². The zero-order chi connectivity index (χ0) is 13.9. The van der Waals surface area contributed by atoms with E-state index in [1.165, 1.54) is 0 Å². The molecule has 0 bridgehead atoms. The molecule has 1 amide bonds. The normalized spacial score (nSPS) is 26.1. The number of hydrogen-bond donors (Lipinski definition) is 1. The Morgan fingerprint density at radius 3 is 2.63 bits per heavy atom. The van der Waals surface area contributed by atoms with Gasteiger partial charge in [0, 0.05) is 20.2 Å². The number of nitrogens with zero attached hydrogens (tertiary/aromatic N) is 1. The molecule has 1 aliphatic heterocycles. The summed E-state index contributed by atoms with van der Waals surface area (Å²) in [5.41, 5.74) is 5.29. The number of carbonyl (C=O) groups is 1. The standard InChI is InChI=1S/C14H24N2O2S/c1-16(9-11-5-4-8-18-10-11)13(17)14(12(15)19)6-2-3-7-14/h11H,2-10H2,1H3,(H2,15,19). The van der Waals surface area contributed by atoms with Gasteiger partial charge in [0.15, 0.2) is 0 Å². The van der Waals surface area contributed by atoms with E-state index < -0.39 is 5.41 Å². The monoisotopic (exact) mass is 284 g/mol. The molecule has 0 spiro atoms. The molecule has 19 heavy (non-hydrogen) atoms. The highest BCUT2D eigenvalue weighted by Gasteiger charge is 2.45. The Balaban J connectivity index is 1.98. The van der Waals surface area contributed by atoms with Crippen molar-refractivity contribution in [2.45, 2.75) is 38.5 Å². The lowest BCUT2D eigenvalue weighted by molar-refractivity contribution is -0.137. The Kier molecular flexibility index (Phi) is 4.79. The Morgan fingerprint density at radius 1 is 1.42 bits per heavy atom. The first-order valence-electron chi connectivity index (χ1n) is 7.19. The van der Waals surface area contributed by atoms with Crippen LogP contribution in [0.1, 0.15) is 38.5 Å². The van der Waals surface area contributed by atoms with Crippen LogP contribution in [0.5, 0.6) is 0 Å². The van der Waals surface area contributed by atoms with Gasteiger partial charge in [0.1, 0.15) is 0 Å². The van der Waals surface area contributed by atoms with Gasteiger partial charge in [-0.05, 0) is 31.6 Å². The van der Waals surface area contributed by atoms with Crippen molar-refractivity contribution in [1.29, 1.82) is 0 Å². The summed E-state index contributed by atoms with van der Waals surface area (Å²) in [4.78, 5) is 14.9. The van der Waals surface area contributed by atoms with Crippen LogP contribution in [0.2, 0.25) is 0 Å². The molecular weight excluding hydrogens is 260 g/mol. The molecule has 2 N–H and O–H groups in total. The molecular formula is C14H24N2O2S. The summed E-state index contributed by atoms with van der Waals surface area (Å²) in [5.74, 6) is 0.565. The van der Waals surface area contributed by atoms with Gasteiger partial charge in [0.25, 0.3) is 0 Å². The largest absolute Gasteiger partial charge is 0.392 e. The summed E-state index contributed by atoms with van der Waals surface area (Å²) >= 11 is 5.17. The molecule has 1 saturated carbocycles. The van der Waals surface area contributed by atoms with Crippen LogP contribution in [0.3, 0.4) is 0 Å². The average Bonchev–Trinajstić information content (AvgIpc) is 2.89. The van der Waals surface area contributed by atoms with E-state index in [-0.39, 0.29) is 5.91 Å². The summed E-state index contributed by atoms with van der Waals surface area (Å²) < 4.78 is 5.47. The van der Waals surface area contributed by atoms with Crippen molar-refractivity contribution >= 4 is 23.1 Å². The maximum absolute atomic E-state index is 12.7. The van der Waals surface area contributed by atoms with E-state index in [0.717, 1.165) is 58.3 Å². The quantitative estimate of drug-likeness (QED) is 0.799. The number of nitrogens with two attached hydrogens (primary N) is 1. The highest BCUT2D eigenvalue weighted by Crippen LogP contribution is 2.40. The van der Waals surface area contributed by atoms with E-state index in [9.17, 15) is 4.79 Å². The van der Waals surface area contributed by atoms with Gasteiger partial charge in [-0.15, -0.1) is 0 Å². The van der Waals surface area contributed by atoms with Crippen molar-refractivity contribution in [2.75, 3.05) is 26.8 Å². The minimum atomic E-state index is -0.570. The van der Waals surface area contributed by atoms with Crippen LogP contribution in [-0.4, -0.2) is 42.6 Å². The van der Waals surface area contributed by atoms with E-state index in [0.29, 0.717) is 10.9 Å². The maximum atomic E-state index is 12.7. The number of hydrogen-bond acceptors (Lipinski definition) is 3. The van der Waals surface area contributed by atoms with E-state index >= 15 is 0 Å². The van der Waals surface area contributed by atoms with Gasteiger partial charge in [-0.25, -0.2) is 0 Å². The van der Waals surface area contributed by atoms with Crippen LogP contribution in [0.4, 0.5) is 0 Å². The highest BCUT2D eigenvalue weighted by molar-refractivity contribution is 7.80. The first-order chi connectivity index (χ1) is 9.06. The lowest BCUT2D eigenvalue weighted by Crippen LogP contribution is -2.49. The molecule has 2 rings (SSSR count). The van der Waals surface area contributed by atoms with Crippen LogP contribution in [0.25, 0.3) is 0 Å². The Bertz CT molecular complexity index is 347. The third kappa shape index (κ3) is 3.08. The van der Waals surface area contributed by atoms with Crippen molar-refractivity contribution in [1.82, 2.24) is 4.90 Å². The molecule has 1 aliphatic carbocycles. The molecule has 1 unspecified atom stereocenters. The van der Waals surface area contributed by atoms with Crippen molar-refractivity contribution < 1.29 is 9.53 Å². The van der Waals surface area contributed by atoms with Crippen LogP contribution < -0.4 is 5.73 Å². The van der Waals surface area contributed by atoms with E-state index in [4.69, 9.17) is 22.7 Å². The predicted octanol–water partition coefficient (Wildman–Crippen LogP) is 1.72. The fourth-order valence-electron chi connectivity index (χ4n) is 3.33. The smallest absolute Gasteiger partial charge is 0.235 e. The Labute approximate surface area is 120 Å². The minimum Gasteiger partial charge on any atom is -0.392 e. The Hall–Kier alpha value is -0.680. The van der Waals surface area contributed by atoms with Crippen molar-refractivity contribution in [3.05, 3.63) is 0 Å². The van der Waals surface area contributed by atoms with Crippen molar-refractivity contribution in [3.63, 3.8) is 0 Å². The molecule has 2 fully saturated rings. The fraction of sp³-hybridized carbons (Fsp3) is 0.857. The molecule has 1 heterocycles. The van der Waals surface area contributed by atoms with Gasteiger partial charge in [-0.3, -0.25) is 4.79 Å². The molecule has 1 atom stereocenters. The molecule has 4 nitrogen and oxygen atoms in total. The molecule has 0 aromatic rings. The molecule has 108 valence electrons. The van der Waals surface area contributed by atoms with E-state index in [1.54, 1.807) is 0 Å². The highest BCUT2D eigenvalue weighted by atomic mass is 32.1. The van der Waals surface area contributed by atoms with Crippen LogP contribution >= 0.6 is 12.2 Å². The van der Waals surface area contributed by atoms with Crippen molar-refractivity contribution in [2.24, 2.45) is 17.1 Å². The lowest BCUT2D eigenvalue weighted by atomic mass is 9.84. The van der Waals surface area contributed by atoms with Gasteiger partial charge in [-0.2, -0.15) is 0 Å². The Morgan fingerprint density at radius 2 is 2.11 bits per heavy atom. The van der Waals surface area contributed by atoms with Gasteiger partial charge >= 0.3 is 0 Å². The zero-order valence-electron chi connectivity index (χ0n) is 11.7. The third-order valence-corrected chi connectivity index (χ3v) is 4.86. The number of rotatable bonds is 4. The third-order valence-electron chi connectivity index (χ3n) is 4.47. The van der Waals surface area contributed by atoms with Crippen LogP contribution in [-0.2, 0) is 9.53 Å². The number of ether oxygens (including phenoxy) is 1. The van der Waals surface area contributed by atoms with Gasteiger partial charge in [0.05, 0.1) is 17.0 Å². The lowest BCUT2D eigenvalue weighted by Gasteiger charge is -2.34. The topological polar surface area (TPSA) is 55.6 Å². The first kappa shape index (κ1) is 14.7. The summed E-state index contributed by atoms with van der Waals surface area (Å²) in [7, 11) is 1.87. The summed E-state index contributed by atoms with van der Waals surface area (Å²) in [6.45, 7) is 2.37. The average molecular weight is 284 g/mol. The van der Waals surface area contributed by atoms with Crippen LogP contribution in [0.15, 0.2) is 0 Å². The minimum absolute atomic E-state index is 0.114. The molecule has 1 saturated heterocycles. The second kappa shape index (κ2) is 6.18. The molecule has 0 radical (unpaired) electrons. The second-order valence-corrected chi connectivity index (χ2v) is 6.36. The summed E-state index contributed by atoms with van der Waals surface area (Å²) in [6, 6.07) is 0. The summed E-state index contributed by atoms with van der Waals surface area (Å²) in [5, 5.41) is 0. The predicted molar refractivity (Wildman–Crippen MR) is 78.9 cm³/mol. The summed E-state index contributed by atoms with van der Waals surface area (Å²) in [6.07, 6.45) is 5.94. The molecule has 0 aromatic carbocycles. The zero-order valence-corrected chi connectivity index (χ0v) is 12.5. The fourth-order valence-corrected chi connectivity index (χ4v) is 3.62. The second-order valence-electron chi connectivity index (χ2n) is 5.92. The van der Waals surface area contributed by atoms with Gasteiger partial charge in [0.2, 0.25) is 5.91 Å². The molecule has 0 aromatic heterocycles.